The van der Waals surface area contributed by atoms with Gasteiger partial charge in [0, 0.05) is 0 Å². The third kappa shape index (κ3) is 4.94. The van der Waals surface area contributed by atoms with Crippen molar-refractivity contribution in [1.82, 2.24) is 0 Å². The highest BCUT2D eigenvalue weighted by Gasteiger charge is 2.07. The van der Waals surface area contributed by atoms with Crippen LogP contribution in [0, 0.1) is 0 Å². The standard InChI is InChI=1S/C12H13NO4/c14-9-11(12(15)16)13-17-8-4-7-10-5-2-1-3-6-10/h1-7,14H,8-9H2,(H,15,16)/b7-4+,13-11-. The number of aliphatic hydroxyl groups excluding tert-OH is 1. The van der Waals surface area contributed by atoms with Crippen LogP contribution in [0.4, 0.5) is 0 Å². The molecule has 0 spiro atoms. The zero-order valence-corrected chi connectivity index (χ0v) is 9.11. The van der Waals surface area contributed by atoms with E-state index in [1.807, 2.05) is 36.4 Å². The molecule has 0 saturated carbocycles. The Hall–Kier alpha value is -2.14. The first-order valence-electron chi connectivity index (χ1n) is 4.98. The Morgan fingerprint density at radius 1 is 1.35 bits per heavy atom. The van der Waals surface area contributed by atoms with E-state index < -0.39 is 18.3 Å². The van der Waals surface area contributed by atoms with Gasteiger partial charge in [-0.1, -0.05) is 41.6 Å². The number of benzene rings is 1. The number of carbonyl (C=O) groups is 1. The summed E-state index contributed by atoms with van der Waals surface area (Å²) in [6, 6.07) is 9.59. The summed E-state index contributed by atoms with van der Waals surface area (Å²) in [6.45, 7) is -0.511. The van der Waals surface area contributed by atoms with E-state index in [2.05, 4.69) is 5.16 Å². The first-order chi connectivity index (χ1) is 8.24. The van der Waals surface area contributed by atoms with Crippen LogP contribution in [0.2, 0.25) is 0 Å². The summed E-state index contributed by atoms with van der Waals surface area (Å²) in [5.41, 5.74) is 0.596. The second-order valence-corrected chi connectivity index (χ2v) is 3.11. The van der Waals surface area contributed by atoms with E-state index in [0.717, 1.165) is 5.56 Å². The summed E-state index contributed by atoms with van der Waals surface area (Å²) in [4.78, 5) is 15.2. The zero-order valence-electron chi connectivity index (χ0n) is 9.11. The van der Waals surface area contributed by atoms with Gasteiger partial charge in [-0.3, -0.25) is 0 Å². The first-order valence-corrected chi connectivity index (χ1v) is 4.98. The number of aliphatic hydroxyl groups is 1. The van der Waals surface area contributed by atoms with Crippen LogP contribution in [0.15, 0.2) is 41.6 Å². The molecule has 90 valence electrons. The molecule has 0 bridgehead atoms. The van der Waals surface area contributed by atoms with Gasteiger partial charge in [0.15, 0.2) is 5.71 Å². The predicted molar refractivity (Wildman–Crippen MR) is 63.6 cm³/mol. The number of hydrogen-bond donors (Lipinski definition) is 2. The average molecular weight is 235 g/mol. The van der Waals surface area contributed by atoms with Gasteiger partial charge in [-0.25, -0.2) is 4.79 Å². The topological polar surface area (TPSA) is 79.1 Å². The van der Waals surface area contributed by atoms with Crippen molar-refractivity contribution < 1.29 is 19.8 Å². The third-order valence-corrected chi connectivity index (χ3v) is 1.85. The molecule has 0 radical (unpaired) electrons. The molecular formula is C12H13NO4. The van der Waals surface area contributed by atoms with Gasteiger partial charge in [0.2, 0.25) is 0 Å². The minimum Gasteiger partial charge on any atom is -0.477 e. The Morgan fingerprint density at radius 2 is 2.06 bits per heavy atom. The van der Waals surface area contributed by atoms with Crippen LogP contribution in [0.3, 0.4) is 0 Å². The fourth-order valence-electron chi connectivity index (χ4n) is 1.04. The fourth-order valence-corrected chi connectivity index (χ4v) is 1.04. The lowest BCUT2D eigenvalue weighted by molar-refractivity contribution is -0.129. The first kappa shape index (κ1) is 12.9. The van der Waals surface area contributed by atoms with Gasteiger partial charge in [-0.2, -0.15) is 0 Å². The van der Waals surface area contributed by atoms with Gasteiger partial charge in [-0.05, 0) is 11.6 Å². The Morgan fingerprint density at radius 3 is 2.65 bits per heavy atom. The van der Waals surface area contributed by atoms with Crippen molar-refractivity contribution in [3.05, 3.63) is 42.0 Å². The van der Waals surface area contributed by atoms with Crippen LogP contribution < -0.4 is 0 Å². The van der Waals surface area contributed by atoms with Crippen LogP contribution >= 0.6 is 0 Å². The maximum Gasteiger partial charge on any atom is 0.356 e. The smallest absolute Gasteiger partial charge is 0.356 e. The van der Waals surface area contributed by atoms with Gasteiger partial charge in [0.25, 0.3) is 0 Å². The van der Waals surface area contributed by atoms with Crippen molar-refractivity contribution in [3.63, 3.8) is 0 Å². The van der Waals surface area contributed by atoms with Crippen LogP contribution in [-0.4, -0.2) is 35.1 Å². The molecule has 0 saturated heterocycles. The number of nitrogens with zero attached hydrogens (tertiary/aromatic N) is 1. The highest BCUT2D eigenvalue weighted by Crippen LogP contribution is 2.00. The van der Waals surface area contributed by atoms with Gasteiger partial charge in [0.1, 0.15) is 6.61 Å². The lowest BCUT2D eigenvalue weighted by atomic mass is 10.2. The van der Waals surface area contributed by atoms with Crippen molar-refractivity contribution >= 4 is 17.8 Å². The second-order valence-electron chi connectivity index (χ2n) is 3.11. The Bertz CT molecular complexity index is 412. The molecule has 2 N–H and O–H groups in total. The highest BCUT2D eigenvalue weighted by molar-refractivity contribution is 6.35. The number of rotatable bonds is 6. The van der Waals surface area contributed by atoms with E-state index in [1.165, 1.54) is 0 Å². The van der Waals surface area contributed by atoms with Gasteiger partial charge in [-0.15, -0.1) is 0 Å². The SMILES string of the molecule is O=C(O)/C(CO)=N\OC/C=C/c1ccccc1. The maximum atomic E-state index is 10.4. The minimum atomic E-state index is -1.29. The van der Waals surface area contributed by atoms with E-state index in [9.17, 15) is 4.79 Å². The molecular weight excluding hydrogens is 222 g/mol. The molecule has 5 nitrogen and oxygen atoms in total. The van der Waals surface area contributed by atoms with E-state index in [1.54, 1.807) is 6.08 Å². The summed E-state index contributed by atoms with van der Waals surface area (Å²) in [5, 5.41) is 20.4. The lowest BCUT2D eigenvalue weighted by Crippen LogP contribution is -2.17. The Balaban J connectivity index is 2.38. The Labute approximate surface area is 98.6 Å². The van der Waals surface area contributed by atoms with Crippen molar-refractivity contribution in [3.8, 4) is 0 Å². The quantitative estimate of drug-likeness (QED) is 0.440. The number of aliphatic carboxylic acids is 1. The van der Waals surface area contributed by atoms with Crippen LogP contribution in [0.5, 0.6) is 0 Å². The Kier molecular flexibility index (Phi) is 5.46. The molecule has 0 fully saturated rings. The van der Waals surface area contributed by atoms with Gasteiger partial charge < -0.3 is 15.1 Å². The van der Waals surface area contributed by atoms with E-state index in [-0.39, 0.29) is 6.61 Å². The molecule has 0 heterocycles. The molecule has 0 unspecified atom stereocenters. The lowest BCUT2D eigenvalue weighted by Gasteiger charge is -1.97. The molecule has 0 aliphatic heterocycles. The molecule has 0 amide bonds. The summed E-state index contributed by atoms with van der Waals surface area (Å²) < 4.78 is 0. The maximum absolute atomic E-state index is 10.4. The molecule has 17 heavy (non-hydrogen) atoms. The molecule has 0 aliphatic carbocycles. The molecule has 0 atom stereocenters. The molecule has 1 rings (SSSR count). The van der Waals surface area contributed by atoms with E-state index >= 15 is 0 Å². The minimum absolute atomic E-state index is 0.145. The molecule has 0 aromatic heterocycles. The van der Waals surface area contributed by atoms with Crippen molar-refractivity contribution in [1.29, 1.82) is 0 Å². The normalized spacial score (nSPS) is 11.7. The monoisotopic (exact) mass is 235 g/mol. The zero-order chi connectivity index (χ0) is 12.5. The summed E-state index contributed by atoms with van der Waals surface area (Å²) in [7, 11) is 0. The second kappa shape index (κ2) is 7.19. The van der Waals surface area contributed by atoms with Crippen LogP contribution in [0.1, 0.15) is 5.56 Å². The van der Waals surface area contributed by atoms with Gasteiger partial charge >= 0.3 is 5.97 Å². The molecule has 1 aromatic rings. The van der Waals surface area contributed by atoms with Crippen LogP contribution in [-0.2, 0) is 9.63 Å². The largest absolute Gasteiger partial charge is 0.477 e. The number of carboxylic acid groups (broad SMARTS) is 1. The average Bonchev–Trinajstić information content (AvgIpc) is 2.34. The molecule has 0 aliphatic rings. The number of carboxylic acids is 1. The van der Waals surface area contributed by atoms with Gasteiger partial charge in [0.05, 0.1) is 6.61 Å². The highest BCUT2D eigenvalue weighted by atomic mass is 16.6. The summed E-state index contributed by atoms with van der Waals surface area (Å²) in [6.07, 6.45) is 3.53. The predicted octanol–water partition coefficient (Wildman–Crippen LogP) is 1.15. The summed E-state index contributed by atoms with van der Waals surface area (Å²) in [5.74, 6) is -1.29. The van der Waals surface area contributed by atoms with Crippen molar-refractivity contribution in [2.24, 2.45) is 5.16 Å². The molecule has 5 heteroatoms. The van der Waals surface area contributed by atoms with E-state index in [0.29, 0.717) is 0 Å². The number of hydrogen-bond acceptors (Lipinski definition) is 4. The fraction of sp³-hybridized carbons (Fsp3) is 0.167. The number of oxime groups is 1. The summed E-state index contributed by atoms with van der Waals surface area (Å²) >= 11 is 0. The van der Waals surface area contributed by atoms with Crippen LogP contribution in [0.25, 0.3) is 6.08 Å². The molecule has 1 aromatic carbocycles. The van der Waals surface area contributed by atoms with E-state index in [4.69, 9.17) is 15.1 Å². The third-order valence-electron chi connectivity index (χ3n) is 1.85. The van der Waals surface area contributed by atoms with Crippen molar-refractivity contribution in [2.45, 2.75) is 0 Å². The van der Waals surface area contributed by atoms with Crippen molar-refractivity contribution in [2.75, 3.05) is 13.2 Å².